The number of fused-ring (bicyclic) bond motifs is 1. The topological polar surface area (TPSA) is 43.2 Å². The zero-order chi connectivity index (χ0) is 20.7. The first-order chi connectivity index (χ1) is 14.5. The second-order valence-electron chi connectivity index (χ2n) is 7.72. The minimum Gasteiger partial charge on any atom is -0.379 e. The van der Waals surface area contributed by atoms with Crippen LogP contribution in [-0.2, 0) is 23.8 Å². The van der Waals surface area contributed by atoms with Gasteiger partial charge in [0, 0.05) is 37.1 Å². The lowest BCUT2D eigenvalue weighted by Gasteiger charge is -2.32. The number of rotatable bonds is 3. The molecule has 1 aliphatic carbocycles. The summed E-state index contributed by atoms with van der Waals surface area (Å²) in [5.41, 5.74) is 3.20. The number of morpholine rings is 1. The summed E-state index contributed by atoms with van der Waals surface area (Å²) < 4.78 is 47.0. The molecule has 156 valence electrons. The molecule has 0 bridgehead atoms. The molecule has 0 saturated carbocycles. The monoisotopic (exact) mass is 414 g/mol. The molecule has 0 amide bonds. The van der Waals surface area contributed by atoms with Gasteiger partial charge in [-0.05, 0) is 54.3 Å². The number of halogens is 3. The highest BCUT2D eigenvalue weighted by atomic mass is 19.4. The van der Waals surface area contributed by atoms with Crippen molar-refractivity contribution in [2.45, 2.75) is 25.1 Å². The Labute approximate surface area is 172 Å². The predicted octanol–water partition coefficient (Wildman–Crippen LogP) is 3.75. The predicted molar refractivity (Wildman–Crippen MR) is 105 cm³/mol. The summed E-state index contributed by atoms with van der Waals surface area (Å²) in [6, 6.07) is 10.8. The maximum atomic E-state index is 13.4. The van der Waals surface area contributed by atoms with Crippen molar-refractivity contribution < 1.29 is 17.9 Å². The summed E-state index contributed by atoms with van der Waals surface area (Å²) in [6.07, 6.45) is 0.469. The highest BCUT2D eigenvalue weighted by Gasteiger charge is 2.35. The maximum absolute atomic E-state index is 13.4. The minimum atomic E-state index is -4.51. The van der Waals surface area contributed by atoms with Gasteiger partial charge in [0.15, 0.2) is 5.69 Å². The lowest BCUT2D eigenvalue weighted by molar-refractivity contribution is -0.141. The average Bonchev–Trinajstić information content (AvgIpc) is 3.39. The van der Waals surface area contributed by atoms with E-state index >= 15 is 0 Å². The van der Waals surface area contributed by atoms with Crippen molar-refractivity contribution in [3.63, 3.8) is 0 Å². The number of ether oxygens (including phenoxy) is 1. The Balaban J connectivity index is 1.50. The van der Waals surface area contributed by atoms with Crippen molar-refractivity contribution in [3.05, 3.63) is 65.6 Å². The van der Waals surface area contributed by atoms with Crippen molar-refractivity contribution >= 4 is 0 Å². The lowest BCUT2D eigenvalue weighted by atomic mass is 10.1. The maximum Gasteiger partial charge on any atom is 0.435 e. The Morgan fingerprint density at radius 2 is 1.67 bits per heavy atom. The van der Waals surface area contributed by atoms with Gasteiger partial charge >= 0.3 is 6.18 Å². The summed E-state index contributed by atoms with van der Waals surface area (Å²) in [5, 5.41) is 3.91. The van der Waals surface area contributed by atoms with Gasteiger partial charge < -0.3 is 4.74 Å². The molecule has 1 aliphatic heterocycles. The second-order valence-corrected chi connectivity index (χ2v) is 7.72. The van der Waals surface area contributed by atoms with Crippen LogP contribution >= 0.6 is 0 Å². The SMILES string of the molecule is FC(F)(F)c1cc(-c2ccncc2)n(-c2ccc3c(c2)C[C@H](N2CCOCC2)C3)n1. The third-order valence-corrected chi connectivity index (χ3v) is 5.88. The van der Waals surface area contributed by atoms with E-state index in [2.05, 4.69) is 15.0 Å². The smallest absolute Gasteiger partial charge is 0.379 e. The molecule has 30 heavy (non-hydrogen) atoms. The Morgan fingerprint density at radius 3 is 2.40 bits per heavy atom. The fraction of sp³-hybridized carbons (Fsp3) is 0.364. The highest BCUT2D eigenvalue weighted by molar-refractivity contribution is 5.62. The van der Waals surface area contributed by atoms with Gasteiger partial charge in [-0.25, -0.2) is 4.68 Å². The standard InChI is InChI=1S/C22H21F3N4O/c23-22(24,25)21-14-20(15-3-5-26-6-4-15)29(27-21)18-2-1-16-11-19(13-17(16)12-18)28-7-9-30-10-8-28/h1-6,12,14,19H,7-11,13H2/t19-/m1/s1. The van der Waals surface area contributed by atoms with Gasteiger partial charge in [0.1, 0.15) is 0 Å². The van der Waals surface area contributed by atoms with Crippen molar-refractivity contribution in [1.29, 1.82) is 0 Å². The molecule has 1 aromatic carbocycles. The summed E-state index contributed by atoms with van der Waals surface area (Å²) in [6.45, 7) is 3.35. The molecule has 0 radical (unpaired) electrons. The highest BCUT2D eigenvalue weighted by Crippen LogP contribution is 2.34. The largest absolute Gasteiger partial charge is 0.435 e. The summed E-state index contributed by atoms with van der Waals surface area (Å²) in [7, 11) is 0. The van der Waals surface area contributed by atoms with E-state index in [1.807, 2.05) is 18.2 Å². The summed E-state index contributed by atoms with van der Waals surface area (Å²) in [5.74, 6) is 0. The van der Waals surface area contributed by atoms with Crippen molar-refractivity contribution in [2.75, 3.05) is 26.3 Å². The number of nitrogens with zero attached hydrogens (tertiary/aromatic N) is 4. The van der Waals surface area contributed by atoms with Gasteiger partial charge in [0.25, 0.3) is 0 Å². The molecular weight excluding hydrogens is 393 g/mol. The number of pyridine rings is 1. The molecule has 1 atom stereocenters. The van der Waals surface area contributed by atoms with Crippen LogP contribution in [-0.4, -0.2) is 52.0 Å². The van der Waals surface area contributed by atoms with Crippen LogP contribution in [0.4, 0.5) is 13.2 Å². The van der Waals surface area contributed by atoms with Gasteiger partial charge in [-0.15, -0.1) is 0 Å². The van der Waals surface area contributed by atoms with E-state index < -0.39 is 11.9 Å². The molecule has 0 N–H and O–H groups in total. The van der Waals surface area contributed by atoms with E-state index in [-0.39, 0.29) is 0 Å². The molecule has 0 spiro atoms. The zero-order valence-corrected chi connectivity index (χ0v) is 16.3. The van der Waals surface area contributed by atoms with Crippen LogP contribution in [0.15, 0.2) is 48.8 Å². The van der Waals surface area contributed by atoms with Crippen molar-refractivity contribution in [1.82, 2.24) is 19.7 Å². The van der Waals surface area contributed by atoms with Crippen molar-refractivity contribution in [2.24, 2.45) is 0 Å². The Morgan fingerprint density at radius 1 is 0.933 bits per heavy atom. The fourth-order valence-corrected chi connectivity index (χ4v) is 4.36. The molecule has 5 nitrogen and oxygen atoms in total. The van der Waals surface area contributed by atoms with Crippen LogP contribution in [0.25, 0.3) is 16.9 Å². The molecular formula is C22H21F3N4O. The molecule has 2 aromatic heterocycles. The molecule has 1 saturated heterocycles. The zero-order valence-electron chi connectivity index (χ0n) is 16.3. The molecule has 3 aromatic rings. The van der Waals surface area contributed by atoms with E-state index in [9.17, 15) is 13.2 Å². The molecule has 5 rings (SSSR count). The Bertz CT molecular complexity index is 1040. The van der Waals surface area contributed by atoms with Crippen LogP contribution in [0.2, 0.25) is 0 Å². The Kier molecular flexibility index (Phi) is 4.83. The first-order valence-electron chi connectivity index (χ1n) is 10.0. The molecule has 3 heterocycles. The molecule has 8 heteroatoms. The first-order valence-corrected chi connectivity index (χ1v) is 10.0. The minimum absolute atomic E-state index is 0.396. The summed E-state index contributed by atoms with van der Waals surface area (Å²) >= 11 is 0. The number of alkyl halides is 3. The van der Waals surface area contributed by atoms with Gasteiger partial charge in [0.2, 0.25) is 0 Å². The van der Waals surface area contributed by atoms with Crippen LogP contribution < -0.4 is 0 Å². The van der Waals surface area contributed by atoms with Crippen LogP contribution in [0, 0.1) is 0 Å². The van der Waals surface area contributed by atoms with Gasteiger partial charge in [-0.2, -0.15) is 18.3 Å². The van der Waals surface area contributed by atoms with Gasteiger partial charge in [-0.1, -0.05) is 6.07 Å². The average molecular weight is 414 g/mol. The quantitative estimate of drug-likeness (QED) is 0.655. The van der Waals surface area contributed by atoms with Gasteiger partial charge in [-0.3, -0.25) is 9.88 Å². The van der Waals surface area contributed by atoms with Crippen LogP contribution in [0.3, 0.4) is 0 Å². The van der Waals surface area contributed by atoms with Crippen molar-refractivity contribution in [3.8, 4) is 16.9 Å². The number of benzene rings is 1. The van der Waals surface area contributed by atoms with Crippen LogP contribution in [0.1, 0.15) is 16.8 Å². The van der Waals surface area contributed by atoms with E-state index in [0.717, 1.165) is 45.2 Å². The number of hydrogen-bond acceptors (Lipinski definition) is 4. The molecule has 2 aliphatic rings. The first kappa shape index (κ1) is 19.3. The van der Waals surface area contributed by atoms with E-state index in [4.69, 9.17) is 4.74 Å². The number of hydrogen-bond donors (Lipinski definition) is 0. The normalized spacial score (nSPS) is 19.8. The Hall–Kier alpha value is -2.71. The fourth-order valence-electron chi connectivity index (χ4n) is 4.36. The van der Waals surface area contributed by atoms with Gasteiger partial charge in [0.05, 0.1) is 24.6 Å². The van der Waals surface area contributed by atoms with E-state index in [0.29, 0.717) is 23.0 Å². The van der Waals surface area contributed by atoms with E-state index in [1.165, 1.54) is 15.8 Å². The summed E-state index contributed by atoms with van der Waals surface area (Å²) in [4.78, 5) is 6.41. The third kappa shape index (κ3) is 3.61. The van der Waals surface area contributed by atoms with E-state index in [1.54, 1.807) is 24.5 Å². The van der Waals surface area contributed by atoms with Crippen LogP contribution in [0.5, 0.6) is 0 Å². The molecule has 0 unspecified atom stereocenters. The second kappa shape index (κ2) is 7.52. The third-order valence-electron chi connectivity index (χ3n) is 5.88. The number of aromatic nitrogens is 3. The lowest BCUT2D eigenvalue weighted by Crippen LogP contribution is -2.43. The molecule has 1 fully saturated rings.